The number of ketones is 1. The zero-order valence-electron chi connectivity index (χ0n) is 8.10. The van der Waals surface area contributed by atoms with Crippen LogP contribution < -0.4 is 5.32 Å². The summed E-state index contributed by atoms with van der Waals surface area (Å²) in [5.41, 5.74) is 0. The quantitative estimate of drug-likeness (QED) is 0.638. The molecule has 1 N–H and O–H groups in total. The Hall–Kier alpha value is -0.630. The summed E-state index contributed by atoms with van der Waals surface area (Å²) in [5.74, 6) is 0.761. The summed E-state index contributed by atoms with van der Waals surface area (Å²) in [5, 5.41) is 2.75. The molecule has 0 bridgehead atoms. The van der Waals surface area contributed by atoms with Gasteiger partial charge in [-0.3, -0.25) is 4.79 Å². The van der Waals surface area contributed by atoms with Crippen molar-refractivity contribution >= 4 is 5.78 Å². The molecule has 70 valence electrons. The molecule has 0 saturated heterocycles. The van der Waals surface area contributed by atoms with Gasteiger partial charge in [0, 0.05) is 12.3 Å². The van der Waals surface area contributed by atoms with E-state index in [0.29, 0.717) is 11.7 Å². The molecule has 0 amide bonds. The summed E-state index contributed by atoms with van der Waals surface area (Å²) in [6, 6.07) is 0. The fraction of sp³-hybridized carbons (Fsp3) is 0.700. The van der Waals surface area contributed by atoms with Gasteiger partial charge in [0.15, 0.2) is 0 Å². The van der Waals surface area contributed by atoms with Crippen LogP contribution in [0.15, 0.2) is 12.7 Å². The highest BCUT2D eigenvalue weighted by molar-refractivity contribution is 5.82. The third-order valence-corrected chi connectivity index (χ3v) is 1.88. The van der Waals surface area contributed by atoms with E-state index in [1.54, 1.807) is 0 Å². The molecule has 1 aliphatic rings. The standard InChI is InChI=1S/C8H12O.C2H7N/c1-2-4-7-5-3-6-8(7)9;1-3-2/h2,7H,1,3-6H2;3H,1-2H3. The van der Waals surface area contributed by atoms with Crippen molar-refractivity contribution in [3.05, 3.63) is 12.7 Å². The van der Waals surface area contributed by atoms with Crippen molar-refractivity contribution in [1.29, 1.82) is 0 Å². The molecule has 2 nitrogen and oxygen atoms in total. The largest absolute Gasteiger partial charge is 0.323 e. The molecule has 0 aromatic heterocycles. The predicted molar refractivity (Wildman–Crippen MR) is 52.1 cm³/mol. The Morgan fingerprint density at radius 1 is 1.67 bits per heavy atom. The molecule has 1 rings (SSSR count). The van der Waals surface area contributed by atoms with Gasteiger partial charge in [0.25, 0.3) is 0 Å². The first-order valence-electron chi connectivity index (χ1n) is 4.48. The Balaban J connectivity index is 0.000000354. The van der Waals surface area contributed by atoms with Crippen molar-refractivity contribution in [3.63, 3.8) is 0 Å². The molecule has 1 atom stereocenters. The summed E-state index contributed by atoms with van der Waals surface area (Å²) in [6.07, 6.45) is 5.72. The number of allylic oxidation sites excluding steroid dienone is 1. The summed E-state index contributed by atoms with van der Waals surface area (Å²) >= 11 is 0. The lowest BCUT2D eigenvalue weighted by Gasteiger charge is -2.00. The summed E-state index contributed by atoms with van der Waals surface area (Å²) in [6.45, 7) is 3.61. The molecule has 0 spiro atoms. The van der Waals surface area contributed by atoms with Gasteiger partial charge >= 0.3 is 0 Å². The van der Waals surface area contributed by atoms with Crippen molar-refractivity contribution < 1.29 is 4.79 Å². The zero-order valence-corrected chi connectivity index (χ0v) is 8.10. The predicted octanol–water partition coefficient (Wildman–Crippen LogP) is 1.77. The lowest BCUT2D eigenvalue weighted by Crippen LogP contribution is -2.03. The number of hydrogen-bond acceptors (Lipinski definition) is 2. The second-order valence-electron chi connectivity index (χ2n) is 3.08. The van der Waals surface area contributed by atoms with E-state index in [4.69, 9.17) is 0 Å². The van der Waals surface area contributed by atoms with Crippen LogP contribution in [0.5, 0.6) is 0 Å². The van der Waals surface area contributed by atoms with E-state index in [9.17, 15) is 4.79 Å². The molecule has 0 heterocycles. The van der Waals surface area contributed by atoms with E-state index < -0.39 is 0 Å². The second kappa shape index (κ2) is 7.04. The first-order chi connectivity index (χ1) is 5.76. The van der Waals surface area contributed by atoms with Crippen molar-refractivity contribution in [2.45, 2.75) is 25.7 Å². The number of carbonyl (C=O) groups is 1. The maximum absolute atomic E-state index is 10.9. The summed E-state index contributed by atoms with van der Waals surface area (Å²) in [4.78, 5) is 10.9. The highest BCUT2D eigenvalue weighted by atomic mass is 16.1. The van der Waals surface area contributed by atoms with Crippen LogP contribution in [0, 0.1) is 5.92 Å². The van der Waals surface area contributed by atoms with Crippen LogP contribution in [-0.2, 0) is 4.79 Å². The normalized spacial score (nSPS) is 21.5. The fourth-order valence-electron chi connectivity index (χ4n) is 1.34. The van der Waals surface area contributed by atoms with Crippen molar-refractivity contribution in [2.75, 3.05) is 14.1 Å². The van der Waals surface area contributed by atoms with Gasteiger partial charge in [-0.05, 0) is 33.4 Å². The van der Waals surface area contributed by atoms with E-state index in [0.717, 1.165) is 25.7 Å². The van der Waals surface area contributed by atoms with Gasteiger partial charge in [0.05, 0.1) is 0 Å². The van der Waals surface area contributed by atoms with Gasteiger partial charge in [-0.1, -0.05) is 6.08 Å². The molecule has 0 radical (unpaired) electrons. The summed E-state index contributed by atoms with van der Waals surface area (Å²) < 4.78 is 0. The Kier molecular flexibility index (Phi) is 6.67. The van der Waals surface area contributed by atoms with Crippen molar-refractivity contribution in [3.8, 4) is 0 Å². The lowest BCUT2D eigenvalue weighted by molar-refractivity contribution is -0.120. The maximum Gasteiger partial charge on any atom is 0.136 e. The van der Waals surface area contributed by atoms with Crippen molar-refractivity contribution in [2.24, 2.45) is 5.92 Å². The third kappa shape index (κ3) is 4.29. The highest BCUT2D eigenvalue weighted by Gasteiger charge is 2.22. The summed E-state index contributed by atoms with van der Waals surface area (Å²) in [7, 11) is 3.75. The maximum atomic E-state index is 10.9. The van der Waals surface area contributed by atoms with Crippen LogP contribution in [0.4, 0.5) is 0 Å². The average molecular weight is 169 g/mol. The van der Waals surface area contributed by atoms with Crippen molar-refractivity contribution in [1.82, 2.24) is 5.32 Å². The van der Waals surface area contributed by atoms with Crippen LogP contribution in [0.25, 0.3) is 0 Å². The fourth-order valence-corrected chi connectivity index (χ4v) is 1.34. The number of Topliss-reactive ketones (excluding diaryl/α,β-unsaturated/α-hetero) is 1. The minimum Gasteiger partial charge on any atom is -0.323 e. The van der Waals surface area contributed by atoms with Gasteiger partial charge in [0.2, 0.25) is 0 Å². The molecule has 0 aromatic rings. The second-order valence-corrected chi connectivity index (χ2v) is 3.08. The van der Waals surface area contributed by atoms with Gasteiger partial charge in [0.1, 0.15) is 5.78 Å². The highest BCUT2D eigenvalue weighted by Crippen LogP contribution is 2.23. The van der Waals surface area contributed by atoms with E-state index in [1.807, 2.05) is 20.2 Å². The zero-order chi connectivity index (χ0) is 9.40. The van der Waals surface area contributed by atoms with Crippen LogP contribution >= 0.6 is 0 Å². The third-order valence-electron chi connectivity index (χ3n) is 1.88. The SMILES string of the molecule is C=CCC1CCCC1=O.CNC. The van der Waals surface area contributed by atoms with Gasteiger partial charge in [-0.25, -0.2) is 0 Å². The molecular weight excluding hydrogens is 150 g/mol. The Morgan fingerprint density at radius 3 is 2.58 bits per heavy atom. The molecule has 1 saturated carbocycles. The van der Waals surface area contributed by atoms with Crippen LogP contribution in [-0.4, -0.2) is 19.9 Å². The van der Waals surface area contributed by atoms with Gasteiger partial charge < -0.3 is 5.32 Å². The van der Waals surface area contributed by atoms with Crippen LogP contribution in [0.3, 0.4) is 0 Å². The molecule has 2 heteroatoms. The monoisotopic (exact) mass is 169 g/mol. The molecular formula is C10H19NO. The minimum atomic E-state index is 0.322. The first-order valence-corrected chi connectivity index (χ1v) is 4.48. The Labute approximate surface area is 75.0 Å². The Morgan fingerprint density at radius 2 is 2.25 bits per heavy atom. The van der Waals surface area contributed by atoms with Gasteiger partial charge in [-0.2, -0.15) is 0 Å². The lowest BCUT2D eigenvalue weighted by atomic mass is 10.0. The smallest absolute Gasteiger partial charge is 0.136 e. The van der Waals surface area contributed by atoms with Crippen LogP contribution in [0.2, 0.25) is 0 Å². The van der Waals surface area contributed by atoms with E-state index in [1.165, 1.54) is 0 Å². The topological polar surface area (TPSA) is 29.1 Å². The van der Waals surface area contributed by atoms with E-state index in [-0.39, 0.29) is 0 Å². The molecule has 0 aromatic carbocycles. The molecule has 1 fully saturated rings. The van der Waals surface area contributed by atoms with Crippen LogP contribution in [0.1, 0.15) is 25.7 Å². The van der Waals surface area contributed by atoms with E-state index in [2.05, 4.69) is 11.9 Å². The van der Waals surface area contributed by atoms with Gasteiger partial charge in [-0.15, -0.1) is 6.58 Å². The molecule has 1 aliphatic carbocycles. The average Bonchev–Trinajstić information content (AvgIpc) is 2.39. The number of hydrogen-bond donors (Lipinski definition) is 1. The van der Waals surface area contributed by atoms with E-state index >= 15 is 0 Å². The molecule has 12 heavy (non-hydrogen) atoms. The molecule has 0 aliphatic heterocycles. The minimum absolute atomic E-state index is 0.322. The number of nitrogens with one attached hydrogen (secondary N) is 1. The number of rotatable bonds is 2. The number of carbonyl (C=O) groups excluding carboxylic acids is 1. The first kappa shape index (κ1) is 11.4. The molecule has 1 unspecified atom stereocenters. The Bertz CT molecular complexity index is 143.